The van der Waals surface area contributed by atoms with Gasteiger partial charge < -0.3 is 14.4 Å². The van der Waals surface area contributed by atoms with Gasteiger partial charge in [-0.1, -0.05) is 18.2 Å². The van der Waals surface area contributed by atoms with Gasteiger partial charge >= 0.3 is 0 Å². The van der Waals surface area contributed by atoms with Crippen molar-refractivity contribution >= 4 is 27.1 Å². The van der Waals surface area contributed by atoms with Crippen molar-refractivity contribution < 1.29 is 9.47 Å². The van der Waals surface area contributed by atoms with Crippen molar-refractivity contribution in [1.82, 2.24) is 24.4 Å². The highest BCUT2D eigenvalue weighted by Gasteiger charge is 2.16. The van der Waals surface area contributed by atoms with Crippen LogP contribution in [0.25, 0.3) is 37.6 Å². The van der Waals surface area contributed by atoms with Gasteiger partial charge in [0, 0.05) is 49.1 Å². The molecule has 0 N–H and O–H groups in total. The zero-order valence-electron chi connectivity index (χ0n) is 20.8. The molecule has 0 aliphatic carbocycles. The highest BCUT2D eigenvalue weighted by atomic mass is 32.1. The molecule has 1 fully saturated rings. The van der Waals surface area contributed by atoms with E-state index in [2.05, 4.69) is 58.2 Å². The summed E-state index contributed by atoms with van der Waals surface area (Å²) in [5.74, 6) is 1.46. The number of piperazine rings is 1. The van der Waals surface area contributed by atoms with Crippen LogP contribution in [0.4, 0.5) is 0 Å². The molecule has 0 unspecified atom stereocenters. The summed E-state index contributed by atoms with van der Waals surface area (Å²) in [6.45, 7) is 5.43. The molecule has 0 atom stereocenters. The van der Waals surface area contributed by atoms with Gasteiger partial charge in [0.05, 0.1) is 31.0 Å². The Morgan fingerprint density at radius 3 is 2.53 bits per heavy atom. The molecule has 3 aromatic heterocycles. The fourth-order valence-corrected chi connectivity index (χ4v) is 5.85. The lowest BCUT2D eigenvalue weighted by Crippen LogP contribution is -2.43. The van der Waals surface area contributed by atoms with E-state index in [0.29, 0.717) is 0 Å². The number of rotatable bonds is 6. The van der Waals surface area contributed by atoms with Gasteiger partial charge in [-0.2, -0.15) is 5.10 Å². The van der Waals surface area contributed by atoms with Crippen LogP contribution in [0.15, 0.2) is 60.8 Å². The van der Waals surface area contributed by atoms with Gasteiger partial charge in [-0.25, -0.2) is 9.50 Å². The maximum absolute atomic E-state index is 5.49. The minimum atomic E-state index is 0.726. The van der Waals surface area contributed by atoms with E-state index >= 15 is 0 Å². The van der Waals surface area contributed by atoms with Crippen molar-refractivity contribution in [3.8, 4) is 33.3 Å². The van der Waals surface area contributed by atoms with E-state index in [0.717, 1.165) is 81.8 Å². The Hall–Kier alpha value is -3.46. The number of aromatic nitrogens is 3. The van der Waals surface area contributed by atoms with E-state index in [4.69, 9.17) is 14.6 Å². The number of imidazole rings is 1. The number of likely N-dealkylation sites (N-methyl/N-ethyl adjacent to an activating group) is 1. The Morgan fingerprint density at radius 1 is 0.917 bits per heavy atom. The van der Waals surface area contributed by atoms with Crippen LogP contribution in [-0.4, -0.2) is 71.8 Å². The first-order chi connectivity index (χ1) is 17.6. The molecule has 7 nitrogen and oxygen atoms in total. The minimum absolute atomic E-state index is 0.726. The standard InChI is InChI=1S/C28H29N5O2S/c1-31-9-11-32(12-10-31)18-19-5-4-6-20(13-19)22-7-8-28-29-17-23(33(28)30-22)27-15-21-14-24(34-2)25(35-3)16-26(21)36-27/h4-8,13-17H,9-12,18H2,1-3H3. The summed E-state index contributed by atoms with van der Waals surface area (Å²) in [6.07, 6.45) is 1.90. The van der Waals surface area contributed by atoms with Crippen LogP contribution < -0.4 is 9.47 Å². The molecule has 0 amide bonds. The summed E-state index contributed by atoms with van der Waals surface area (Å²) in [7, 11) is 5.51. The average Bonchev–Trinajstić information content (AvgIpc) is 3.52. The molecule has 8 heteroatoms. The van der Waals surface area contributed by atoms with Crippen molar-refractivity contribution in [2.45, 2.75) is 6.54 Å². The molecule has 5 aromatic rings. The Labute approximate surface area is 214 Å². The first-order valence-electron chi connectivity index (χ1n) is 12.1. The Morgan fingerprint density at radius 2 is 1.72 bits per heavy atom. The smallest absolute Gasteiger partial charge is 0.162 e. The fraction of sp³-hybridized carbons (Fsp3) is 0.286. The predicted molar refractivity (Wildman–Crippen MR) is 145 cm³/mol. The van der Waals surface area contributed by atoms with Crippen LogP contribution in [0, 0.1) is 0 Å². The van der Waals surface area contributed by atoms with Crippen LogP contribution in [0.2, 0.25) is 0 Å². The lowest BCUT2D eigenvalue weighted by atomic mass is 10.1. The molecular formula is C28H29N5O2S. The van der Waals surface area contributed by atoms with Crippen molar-refractivity contribution in [1.29, 1.82) is 0 Å². The Balaban J connectivity index is 1.33. The van der Waals surface area contributed by atoms with Gasteiger partial charge in [0.2, 0.25) is 0 Å². The first-order valence-corrected chi connectivity index (χ1v) is 12.9. The van der Waals surface area contributed by atoms with Gasteiger partial charge in [0.25, 0.3) is 0 Å². The third-order valence-corrected chi connectivity index (χ3v) is 7.98. The maximum atomic E-state index is 5.49. The van der Waals surface area contributed by atoms with Crippen LogP contribution >= 0.6 is 11.3 Å². The monoisotopic (exact) mass is 499 g/mol. The van der Waals surface area contributed by atoms with Gasteiger partial charge in [-0.05, 0) is 48.3 Å². The molecule has 1 saturated heterocycles. The van der Waals surface area contributed by atoms with Gasteiger partial charge in [-0.3, -0.25) is 4.90 Å². The van der Waals surface area contributed by atoms with E-state index in [-0.39, 0.29) is 0 Å². The molecule has 6 rings (SSSR count). The number of fused-ring (bicyclic) bond motifs is 2. The molecule has 184 valence electrons. The molecule has 0 bridgehead atoms. The zero-order valence-corrected chi connectivity index (χ0v) is 21.6. The second-order valence-corrected chi connectivity index (χ2v) is 10.4. The second kappa shape index (κ2) is 9.54. The molecule has 0 saturated carbocycles. The van der Waals surface area contributed by atoms with E-state index in [1.54, 1.807) is 25.6 Å². The lowest BCUT2D eigenvalue weighted by Gasteiger charge is -2.32. The quantitative estimate of drug-likeness (QED) is 0.326. The van der Waals surface area contributed by atoms with Crippen molar-refractivity contribution in [3.63, 3.8) is 0 Å². The normalized spacial score (nSPS) is 15.1. The van der Waals surface area contributed by atoms with Gasteiger partial charge in [0.15, 0.2) is 17.1 Å². The first kappa shape index (κ1) is 23.0. The summed E-state index contributed by atoms with van der Waals surface area (Å²) in [6, 6.07) is 19.0. The number of benzene rings is 2. The summed E-state index contributed by atoms with van der Waals surface area (Å²) in [5, 5.41) is 6.12. The third kappa shape index (κ3) is 4.32. The highest BCUT2D eigenvalue weighted by molar-refractivity contribution is 7.22. The molecule has 2 aromatic carbocycles. The van der Waals surface area contributed by atoms with Crippen molar-refractivity contribution in [2.75, 3.05) is 47.4 Å². The number of ether oxygens (including phenoxy) is 2. The number of nitrogens with zero attached hydrogens (tertiary/aromatic N) is 5. The van der Waals surface area contributed by atoms with Crippen molar-refractivity contribution in [3.05, 3.63) is 66.4 Å². The number of hydrogen-bond donors (Lipinski definition) is 0. The van der Waals surface area contributed by atoms with E-state index in [1.165, 1.54) is 5.56 Å². The fourth-order valence-electron chi connectivity index (χ4n) is 4.78. The van der Waals surface area contributed by atoms with Gasteiger partial charge in [-0.15, -0.1) is 11.3 Å². The molecule has 36 heavy (non-hydrogen) atoms. The van der Waals surface area contributed by atoms with Crippen LogP contribution in [0.3, 0.4) is 0 Å². The molecule has 1 aliphatic heterocycles. The predicted octanol–water partition coefficient (Wildman–Crippen LogP) is 5.04. The molecule has 4 heterocycles. The maximum Gasteiger partial charge on any atom is 0.162 e. The number of thiophene rings is 1. The highest BCUT2D eigenvalue weighted by Crippen LogP contribution is 2.40. The summed E-state index contributed by atoms with van der Waals surface area (Å²) in [5.41, 5.74) is 5.17. The lowest BCUT2D eigenvalue weighted by molar-refractivity contribution is 0.148. The molecular weight excluding hydrogens is 470 g/mol. The van der Waals surface area contributed by atoms with Gasteiger partial charge in [0.1, 0.15) is 5.69 Å². The zero-order chi connectivity index (χ0) is 24.6. The van der Waals surface area contributed by atoms with Crippen molar-refractivity contribution in [2.24, 2.45) is 0 Å². The summed E-state index contributed by atoms with van der Waals surface area (Å²) < 4.78 is 14.1. The summed E-state index contributed by atoms with van der Waals surface area (Å²) >= 11 is 1.70. The summed E-state index contributed by atoms with van der Waals surface area (Å²) in [4.78, 5) is 10.6. The Kier molecular flexibility index (Phi) is 6.08. The average molecular weight is 500 g/mol. The topological polar surface area (TPSA) is 55.1 Å². The molecule has 0 spiro atoms. The SMILES string of the molecule is COc1cc2cc(-c3cnc4ccc(-c5cccc(CN6CCN(C)CC6)c5)nn34)sc2cc1OC. The van der Waals surface area contributed by atoms with Crippen LogP contribution in [0.1, 0.15) is 5.56 Å². The van der Waals surface area contributed by atoms with Crippen LogP contribution in [-0.2, 0) is 6.54 Å². The second-order valence-electron chi connectivity index (χ2n) is 9.27. The largest absolute Gasteiger partial charge is 0.493 e. The van der Waals surface area contributed by atoms with E-state index < -0.39 is 0 Å². The third-order valence-electron chi connectivity index (χ3n) is 6.86. The number of hydrogen-bond acceptors (Lipinski definition) is 7. The van der Waals surface area contributed by atoms with E-state index in [9.17, 15) is 0 Å². The van der Waals surface area contributed by atoms with Crippen LogP contribution in [0.5, 0.6) is 11.5 Å². The molecule has 1 aliphatic rings. The van der Waals surface area contributed by atoms with E-state index in [1.807, 2.05) is 28.9 Å². The number of methoxy groups -OCH3 is 2. The molecule has 0 radical (unpaired) electrons. The minimum Gasteiger partial charge on any atom is -0.493 e. The Bertz CT molecular complexity index is 1490.